The predicted molar refractivity (Wildman–Crippen MR) is 38.4 cm³/mol. The van der Waals surface area contributed by atoms with E-state index in [0.717, 1.165) is 20.0 Å². The van der Waals surface area contributed by atoms with Crippen molar-refractivity contribution in [2.75, 3.05) is 6.16 Å². The first-order chi connectivity index (χ1) is 4.20. The molecule has 3 nitrogen and oxygen atoms in total. The highest BCUT2D eigenvalue weighted by atomic mass is 31.1. The molecule has 0 aromatic rings. The molecule has 1 aliphatic heterocycles. The van der Waals surface area contributed by atoms with Crippen LogP contribution in [0.5, 0.6) is 0 Å². The van der Waals surface area contributed by atoms with Crippen LogP contribution < -0.4 is 0 Å². The average molecular weight is 148 g/mol. The van der Waals surface area contributed by atoms with E-state index >= 15 is 0 Å². The molecule has 1 aliphatic rings. The van der Waals surface area contributed by atoms with Crippen LogP contribution in [0.1, 0.15) is 13.8 Å². The summed E-state index contributed by atoms with van der Waals surface area (Å²) in [4.78, 5) is 4.86. The van der Waals surface area contributed by atoms with Crippen molar-refractivity contribution in [1.82, 2.24) is 5.23 Å². The Morgan fingerprint density at radius 3 is 2.67 bits per heavy atom. The Morgan fingerprint density at radius 2 is 2.33 bits per heavy atom. The summed E-state index contributed by atoms with van der Waals surface area (Å²) in [5.74, 6) is 0.187. The molecule has 0 aliphatic carbocycles. The first-order valence-electron chi connectivity index (χ1n) is 3.06. The molecule has 54 valence electrons. The van der Waals surface area contributed by atoms with Crippen molar-refractivity contribution in [1.29, 1.82) is 0 Å². The van der Waals surface area contributed by atoms with Gasteiger partial charge in [0.15, 0.2) is 0 Å². The first-order valence-corrected chi connectivity index (χ1v) is 4.35. The maximum Gasteiger partial charge on any atom is 0.0725 e. The third-order valence-electron chi connectivity index (χ3n) is 0.956. The molecule has 0 aromatic heterocycles. The first kappa shape index (κ1) is 7.42. The fourth-order valence-corrected chi connectivity index (χ4v) is 0.947. The number of hydroxylamine groups is 2. The molecule has 0 radical (unpaired) electrons. The quantitative estimate of drug-likeness (QED) is 0.444. The Balaban J connectivity index is 2.10. The molecule has 0 amide bonds. The van der Waals surface area contributed by atoms with Crippen molar-refractivity contribution >= 4 is 8.58 Å². The van der Waals surface area contributed by atoms with Gasteiger partial charge in [0.05, 0.1) is 6.10 Å². The zero-order chi connectivity index (χ0) is 6.85. The molecule has 4 heteroatoms. The molecule has 0 saturated carbocycles. The van der Waals surface area contributed by atoms with Gasteiger partial charge in [-0.15, -0.1) is 8.58 Å². The fraction of sp³-hybridized carbons (Fsp3) is 1.00. The maximum atomic E-state index is 10.7. The highest BCUT2D eigenvalue weighted by molar-refractivity contribution is 7.47. The van der Waals surface area contributed by atoms with Crippen molar-refractivity contribution in [3.8, 4) is 0 Å². The minimum absolute atomic E-state index is 0.0212. The fourth-order valence-electron chi connectivity index (χ4n) is 0.483. The lowest BCUT2D eigenvalue weighted by molar-refractivity contribution is -0.151. The summed E-state index contributed by atoms with van der Waals surface area (Å²) in [6.45, 7) is 3.72. The predicted octanol–water partition coefficient (Wildman–Crippen LogP) is 1.14. The zero-order valence-corrected chi connectivity index (χ0v) is 6.63. The van der Waals surface area contributed by atoms with Crippen molar-refractivity contribution in [3.63, 3.8) is 0 Å². The van der Waals surface area contributed by atoms with Gasteiger partial charge in [0, 0.05) is 5.78 Å². The Labute approximate surface area is 56.7 Å². The molecule has 0 aromatic carbocycles. The van der Waals surface area contributed by atoms with Crippen LogP contribution in [-0.2, 0) is 4.84 Å². The van der Waals surface area contributed by atoms with Crippen LogP contribution in [0.2, 0.25) is 0 Å². The Kier molecular flexibility index (Phi) is 2.42. The highest BCUT2D eigenvalue weighted by Crippen LogP contribution is 2.40. The standard InChI is InChI=1S/C5H11NO2P/c1-4(2)8-6(7)5-3-9-5/h4-5,9H,3H2,1-2H3/q-1. The molecule has 1 fully saturated rings. The summed E-state index contributed by atoms with van der Waals surface area (Å²) in [5, 5.41) is 11.5. The third kappa shape index (κ3) is 2.59. The lowest BCUT2D eigenvalue weighted by Crippen LogP contribution is -2.22. The van der Waals surface area contributed by atoms with E-state index in [1.807, 2.05) is 13.8 Å². The van der Waals surface area contributed by atoms with E-state index in [4.69, 9.17) is 4.84 Å². The van der Waals surface area contributed by atoms with Gasteiger partial charge in [0.25, 0.3) is 0 Å². The Bertz CT molecular complexity index is 95.0. The summed E-state index contributed by atoms with van der Waals surface area (Å²) in [5.41, 5.74) is 0. The smallest absolute Gasteiger partial charge is 0.0725 e. The zero-order valence-electron chi connectivity index (χ0n) is 5.63. The van der Waals surface area contributed by atoms with Gasteiger partial charge in [-0.2, -0.15) is 0 Å². The van der Waals surface area contributed by atoms with E-state index in [1.54, 1.807) is 0 Å². The lowest BCUT2D eigenvalue weighted by Gasteiger charge is -2.28. The van der Waals surface area contributed by atoms with Crippen LogP contribution in [0.25, 0.3) is 0 Å². The highest BCUT2D eigenvalue weighted by Gasteiger charge is 2.23. The average Bonchev–Trinajstić information content (AvgIpc) is 2.40. The molecule has 9 heavy (non-hydrogen) atoms. The molecule has 2 atom stereocenters. The van der Waals surface area contributed by atoms with E-state index in [0.29, 0.717) is 0 Å². The lowest BCUT2D eigenvalue weighted by atomic mass is 10.5. The van der Waals surface area contributed by atoms with Crippen LogP contribution in [0.3, 0.4) is 0 Å². The second kappa shape index (κ2) is 2.93. The van der Waals surface area contributed by atoms with E-state index in [1.165, 1.54) is 0 Å². The molecule has 0 N–H and O–H groups in total. The summed E-state index contributed by atoms with van der Waals surface area (Å²) in [6.07, 6.45) is 1.05. The number of nitrogens with zero attached hydrogens (tertiary/aromatic N) is 1. The number of rotatable bonds is 3. The summed E-state index contributed by atoms with van der Waals surface area (Å²) in [6, 6.07) is 0. The topological polar surface area (TPSA) is 35.5 Å². The van der Waals surface area contributed by atoms with Crippen molar-refractivity contribution in [2.24, 2.45) is 0 Å². The van der Waals surface area contributed by atoms with Crippen LogP contribution in [0.4, 0.5) is 0 Å². The van der Waals surface area contributed by atoms with Gasteiger partial charge in [0.1, 0.15) is 0 Å². The van der Waals surface area contributed by atoms with Gasteiger partial charge >= 0.3 is 0 Å². The molecular formula is C5H11NO2P-. The normalized spacial score (nSPS) is 28.3. The minimum atomic E-state index is 0.0212. The number of hydrogen-bond donors (Lipinski definition) is 0. The Morgan fingerprint density at radius 1 is 1.78 bits per heavy atom. The van der Waals surface area contributed by atoms with Crippen LogP contribution in [0, 0.1) is 5.21 Å². The molecule has 1 rings (SSSR count). The molecular weight excluding hydrogens is 137 g/mol. The van der Waals surface area contributed by atoms with E-state index in [-0.39, 0.29) is 11.9 Å². The van der Waals surface area contributed by atoms with Gasteiger partial charge in [-0.05, 0) is 20.0 Å². The van der Waals surface area contributed by atoms with E-state index in [2.05, 4.69) is 0 Å². The summed E-state index contributed by atoms with van der Waals surface area (Å²) in [7, 11) is 0.793. The van der Waals surface area contributed by atoms with Crippen molar-refractivity contribution in [2.45, 2.75) is 25.7 Å². The maximum absolute atomic E-state index is 10.7. The second-order valence-electron chi connectivity index (χ2n) is 2.36. The largest absolute Gasteiger partial charge is 0.762 e. The minimum Gasteiger partial charge on any atom is -0.762 e. The molecule has 0 bridgehead atoms. The summed E-state index contributed by atoms with van der Waals surface area (Å²) < 4.78 is 0. The van der Waals surface area contributed by atoms with Gasteiger partial charge in [-0.25, -0.2) is 0 Å². The third-order valence-corrected chi connectivity index (χ3v) is 1.94. The van der Waals surface area contributed by atoms with E-state index in [9.17, 15) is 5.21 Å². The Hall–Kier alpha value is 0.310. The summed E-state index contributed by atoms with van der Waals surface area (Å²) >= 11 is 0. The van der Waals surface area contributed by atoms with Gasteiger partial charge in [-0.1, -0.05) is 0 Å². The van der Waals surface area contributed by atoms with Gasteiger partial charge in [-0.3, -0.25) is 5.23 Å². The molecule has 2 unspecified atom stereocenters. The van der Waals surface area contributed by atoms with E-state index < -0.39 is 0 Å². The van der Waals surface area contributed by atoms with Gasteiger partial charge in [0.2, 0.25) is 0 Å². The van der Waals surface area contributed by atoms with Crippen LogP contribution >= 0.6 is 8.58 Å². The molecule has 1 heterocycles. The van der Waals surface area contributed by atoms with Crippen LogP contribution in [-0.4, -0.2) is 23.3 Å². The number of hydrogen-bond acceptors (Lipinski definition) is 3. The van der Waals surface area contributed by atoms with Crippen molar-refractivity contribution in [3.05, 3.63) is 5.21 Å². The SMILES string of the molecule is CC(C)ON([O-])C1CP1. The monoisotopic (exact) mass is 148 g/mol. The second-order valence-corrected chi connectivity index (χ2v) is 3.85. The molecule has 0 spiro atoms. The van der Waals surface area contributed by atoms with Gasteiger partial charge < -0.3 is 10.0 Å². The van der Waals surface area contributed by atoms with Crippen molar-refractivity contribution < 1.29 is 4.84 Å². The molecule has 1 saturated heterocycles. The van der Waals surface area contributed by atoms with Crippen LogP contribution in [0.15, 0.2) is 0 Å².